The average molecular weight is 413 g/mol. The largest absolute Gasteiger partial charge is 0.438 e. The van der Waals surface area contributed by atoms with Crippen molar-refractivity contribution in [1.29, 1.82) is 0 Å². The molecule has 0 atom stereocenters. The van der Waals surface area contributed by atoms with Gasteiger partial charge in [-0.1, -0.05) is 39.8 Å². The maximum Gasteiger partial charge on any atom is 0.233 e. The molecular formula is C17H19Br2NO. The van der Waals surface area contributed by atoms with Gasteiger partial charge in [0.25, 0.3) is 0 Å². The molecule has 1 heterocycles. The Bertz CT molecular complexity index is 648. The molecule has 0 saturated heterocycles. The fourth-order valence-electron chi connectivity index (χ4n) is 2.05. The van der Waals surface area contributed by atoms with Crippen molar-refractivity contribution in [1.82, 2.24) is 4.98 Å². The lowest BCUT2D eigenvalue weighted by Crippen LogP contribution is -2.13. The van der Waals surface area contributed by atoms with E-state index in [1.54, 1.807) is 6.20 Å². The van der Waals surface area contributed by atoms with E-state index in [-0.39, 0.29) is 5.41 Å². The van der Waals surface area contributed by atoms with E-state index in [9.17, 15) is 0 Å². The van der Waals surface area contributed by atoms with Gasteiger partial charge in [0.1, 0.15) is 5.75 Å². The molecule has 0 aliphatic rings. The van der Waals surface area contributed by atoms with Crippen LogP contribution in [0, 0.1) is 0 Å². The molecule has 0 N–H and O–H groups in total. The normalized spacial score (nSPS) is 11.5. The molecule has 4 heteroatoms. The summed E-state index contributed by atoms with van der Waals surface area (Å²) in [5.41, 5.74) is 2.52. The molecule has 0 amide bonds. The fraction of sp³-hybridized carbons (Fsp3) is 0.353. The number of rotatable bonds is 3. The minimum atomic E-state index is 0.0162. The third-order valence-electron chi connectivity index (χ3n) is 3.24. The van der Waals surface area contributed by atoms with E-state index in [1.165, 1.54) is 11.1 Å². The van der Waals surface area contributed by atoms with E-state index >= 15 is 0 Å². The van der Waals surface area contributed by atoms with E-state index in [2.05, 4.69) is 76.7 Å². The van der Waals surface area contributed by atoms with Gasteiger partial charge in [-0.05, 0) is 61.4 Å². The Balaban J connectivity index is 2.44. The summed E-state index contributed by atoms with van der Waals surface area (Å²) in [6.45, 7) is 8.74. The maximum atomic E-state index is 6.04. The van der Waals surface area contributed by atoms with Crippen LogP contribution in [0.25, 0.3) is 0 Å². The van der Waals surface area contributed by atoms with Crippen molar-refractivity contribution >= 4 is 31.9 Å². The standard InChI is InChI=1S/C17H19Br2NO/c1-5-11-6-7-15(13(8-11)17(2,3)4)21-16-14(19)9-12(18)10-20-16/h6-10H,5H2,1-4H3. The molecule has 0 aliphatic carbocycles. The first-order valence-electron chi connectivity index (χ1n) is 6.93. The number of aromatic nitrogens is 1. The van der Waals surface area contributed by atoms with Crippen LogP contribution in [0.5, 0.6) is 11.6 Å². The topological polar surface area (TPSA) is 22.1 Å². The van der Waals surface area contributed by atoms with Gasteiger partial charge in [-0.15, -0.1) is 0 Å². The van der Waals surface area contributed by atoms with Crippen LogP contribution >= 0.6 is 31.9 Å². The van der Waals surface area contributed by atoms with Crippen LogP contribution in [0.2, 0.25) is 0 Å². The second-order valence-corrected chi connectivity index (χ2v) is 7.75. The van der Waals surface area contributed by atoms with Crippen molar-refractivity contribution in [2.45, 2.75) is 39.5 Å². The van der Waals surface area contributed by atoms with Gasteiger partial charge >= 0.3 is 0 Å². The number of benzene rings is 1. The minimum absolute atomic E-state index is 0.0162. The highest BCUT2D eigenvalue weighted by Crippen LogP contribution is 2.37. The first-order valence-corrected chi connectivity index (χ1v) is 8.52. The number of hydrogen-bond donors (Lipinski definition) is 0. The highest BCUT2D eigenvalue weighted by molar-refractivity contribution is 9.11. The van der Waals surface area contributed by atoms with Crippen molar-refractivity contribution in [3.8, 4) is 11.6 Å². The summed E-state index contributed by atoms with van der Waals surface area (Å²) in [5, 5.41) is 0. The Morgan fingerprint density at radius 1 is 1.14 bits per heavy atom. The number of hydrogen-bond acceptors (Lipinski definition) is 2. The monoisotopic (exact) mass is 411 g/mol. The van der Waals surface area contributed by atoms with Crippen LogP contribution in [0.1, 0.15) is 38.8 Å². The predicted octanol–water partition coefficient (Wildman–Crippen LogP) is 6.26. The summed E-state index contributed by atoms with van der Waals surface area (Å²) < 4.78 is 7.79. The molecule has 0 aliphatic heterocycles. The lowest BCUT2D eigenvalue weighted by Gasteiger charge is -2.23. The summed E-state index contributed by atoms with van der Waals surface area (Å²) in [6, 6.07) is 8.30. The first kappa shape index (κ1) is 16.5. The quantitative estimate of drug-likeness (QED) is 0.593. The van der Waals surface area contributed by atoms with Crippen LogP contribution in [-0.2, 0) is 11.8 Å². The van der Waals surface area contributed by atoms with Gasteiger partial charge in [0.2, 0.25) is 5.88 Å². The molecule has 1 aromatic heterocycles. The molecule has 0 fully saturated rings. The van der Waals surface area contributed by atoms with E-state index < -0.39 is 0 Å². The Morgan fingerprint density at radius 2 is 1.86 bits per heavy atom. The third-order valence-corrected chi connectivity index (χ3v) is 4.24. The zero-order valence-corrected chi connectivity index (χ0v) is 15.9. The Hall–Kier alpha value is -0.870. The molecule has 0 spiro atoms. The number of pyridine rings is 1. The van der Waals surface area contributed by atoms with Crippen LogP contribution in [-0.4, -0.2) is 4.98 Å². The smallest absolute Gasteiger partial charge is 0.233 e. The van der Waals surface area contributed by atoms with E-state index in [4.69, 9.17) is 4.74 Å². The highest BCUT2D eigenvalue weighted by Gasteiger charge is 2.20. The van der Waals surface area contributed by atoms with Gasteiger partial charge in [-0.2, -0.15) is 0 Å². The Labute approximate surface area is 143 Å². The van der Waals surface area contributed by atoms with Crippen LogP contribution in [0.15, 0.2) is 39.4 Å². The molecular weight excluding hydrogens is 394 g/mol. The SMILES string of the molecule is CCc1ccc(Oc2ncc(Br)cc2Br)c(C(C)(C)C)c1. The van der Waals surface area contributed by atoms with Gasteiger partial charge in [-0.25, -0.2) is 4.98 Å². The molecule has 0 unspecified atom stereocenters. The summed E-state index contributed by atoms with van der Waals surface area (Å²) in [5.74, 6) is 1.43. The molecule has 2 aromatic rings. The molecule has 0 radical (unpaired) electrons. The summed E-state index contributed by atoms with van der Waals surface area (Å²) in [4.78, 5) is 4.32. The van der Waals surface area contributed by atoms with Crippen molar-refractivity contribution < 1.29 is 4.74 Å². The van der Waals surface area contributed by atoms with Crippen molar-refractivity contribution in [2.75, 3.05) is 0 Å². The number of aryl methyl sites for hydroxylation is 1. The van der Waals surface area contributed by atoms with Crippen molar-refractivity contribution in [3.05, 3.63) is 50.5 Å². The Morgan fingerprint density at radius 3 is 2.43 bits per heavy atom. The van der Waals surface area contributed by atoms with Gasteiger partial charge in [-0.3, -0.25) is 0 Å². The molecule has 0 bridgehead atoms. The van der Waals surface area contributed by atoms with Gasteiger partial charge in [0.15, 0.2) is 0 Å². The fourth-order valence-corrected chi connectivity index (χ4v) is 3.12. The second-order valence-electron chi connectivity index (χ2n) is 5.98. The molecule has 2 rings (SSSR count). The number of nitrogens with zero attached hydrogens (tertiary/aromatic N) is 1. The molecule has 21 heavy (non-hydrogen) atoms. The van der Waals surface area contributed by atoms with Gasteiger partial charge < -0.3 is 4.74 Å². The molecule has 112 valence electrons. The Kier molecular flexibility index (Phi) is 5.10. The van der Waals surface area contributed by atoms with Crippen LogP contribution < -0.4 is 4.74 Å². The van der Waals surface area contributed by atoms with E-state index in [0.29, 0.717) is 5.88 Å². The summed E-state index contributed by atoms with van der Waals surface area (Å²) >= 11 is 6.89. The lowest BCUT2D eigenvalue weighted by atomic mass is 9.85. The van der Waals surface area contributed by atoms with Crippen LogP contribution in [0.4, 0.5) is 0 Å². The van der Waals surface area contributed by atoms with Crippen LogP contribution in [0.3, 0.4) is 0 Å². The van der Waals surface area contributed by atoms with Crippen molar-refractivity contribution in [2.24, 2.45) is 0 Å². The highest BCUT2D eigenvalue weighted by atomic mass is 79.9. The summed E-state index contributed by atoms with van der Waals surface area (Å²) in [7, 11) is 0. The zero-order valence-electron chi connectivity index (χ0n) is 12.7. The van der Waals surface area contributed by atoms with Crippen molar-refractivity contribution in [3.63, 3.8) is 0 Å². The summed E-state index contributed by atoms with van der Waals surface area (Å²) in [6.07, 6.45) is 2.75. The van der Waals surface area contributed by atoms with E-state index in [0.717, 1.165) is 21.1 Å². The molecule has 1 aromatic carbocycles. The predicted molar refractivity (Wildman–Crippen MR) is 94.2 cm³/mol. The minimum Gasteiger partial charge on any atom is -0.438 e. The first-order chi connectivity index (χ1) is 9.81. The average Bonchev–Trinajstić information content (AvgIpc) is 2.41. The second kappa shape index (κ2) is 6.49. The number of halogens is 2. The van der Waals surface area contributed by atoms with E-state index in [1.807, 2.05) is 12.1 Å². The van der Waals surface area contributed by atoms with Gasteiger partial charge in [0, 0.05) is 16.2 Å². The third kappa shape index (κ3) is 4.07. The van der Waals surface area contributed by atoms with Gasteiger partial charge in [0.05, 0.1) is 4.47 Å². The molecule has 2 nitrogen and oxygen atoms in total. The zero-order chi connectivity index (χ0) is 15.6. The number of ether oxygens (including phenoxy) is 1. The lowest BCUT2D eigenvalue weighted by molar-refractivity contribution is 0.436. The molecule has 0 saturated carbocycles. The maximum absolute atomic E-state index is 6.04.